The maximum absolute atomic E-state index is 13.8. The number of hydrogen-bond donors (Lipinski definition) is 1. The first-order valence-electron chi connectivity index (χ1n) is 6.55. The van der Waals surface area contributed by atoms with Crippen molar-refractivity contribution in [2.24, 2.45) is 0 Å². The molecule has 8 heteroatoms. The molecule has 0 aliphatic carbocycles. The lowest BCUT2D eigenvalue weighted by Crippen LogP contribution is -2.42. The number of cyclic esters (lactones) is 2. The van der Waals surface area contributed by atoms with Crippen LogP contribution < -0.4 is 5.32 Å². The lowest BCUT2D eigenvalue weighted by Gasteiger charge is -2.29. The molecule has 1 aromatic carbocycles. The van der Waals surface area contributed by atoms with E-state index >= 15 is 0 Å². The van der Waals surface area contributed by atoms with Gasteiger partial charge in [0.25, 0.3) is 5.79 Å². The van der Waals surface area contributed by atoms with E-state index in [1.165, 1.54) is 26.0 Å². The normalized spacial score (nSPS) is 16.3. The Balaban J connectivity index is 2.17. The predicted molar refractivity (Wildman–Crippen MR) is 75.7 cm³/mol. The van der Waals surface area contributed by atoms with Gasteiger partial charge in [-0.3, -0.25) is 0 Å². The Morgan fingerprint density at radius 2 is 1.87 bits per heavy atom. The number of nitrogens with one attached hydrogen (secondary N) is 1. The van der Waals surface area contributed by atoms with Crippen molar-refractivity contribution in [3.8, 4) is 0 Å². The molecule has 23 heavy (non-hydrogen) atoms. The summed E-state index contributed by atoms with van der Waals surface area (Å²) in [6.45, 7) is 2.85. The van der Waals surface area contributed by atoms with Gasteiger partial charge in [-0.1, -0.05) is 0 Å². The zero-order valence-corrected chi connectivity index (χ0v) is 12.6. The Morgan fingerprint density at radius 3 is 2.39 bits per heavy atom. The van der Waals surface area contributed by atoms with E-state index in [1.54, 1.807) is 0 Å². The molecule has 1 aliphatic rings. The minimum absolute atomic E-state index is 0.216. The lowest BCUT2D eigenvalue weighted by atomic mass is 10.2. The lowest BCUT2D eigenvalue weighted by molar-refractivity contribution is -0.222. The van der Waals surface area contributed by atoms with E-state index < -0.39 is 29.5 Å². The van der Waals surface area contributed by atoms with Crippen LogP contribution in [0.15, 0.2) is 30.0 Å². The third-order valence-corrected chi connectivity index (χ3v) is 2.87. The van der Waals surface area contributed by atoms with Crippen molar-refractivity contribution in [2.45, 2.75) is 19.6 Å². The van der Waals surface area contributed by atoms with Crippen LogP contribution in [0.5, 0.6) is 0 Å². The molecule has 0 bridgehead atoms. The average molecular weight is 323 g/mol. The fraction of sp³-hybridized carbons (Fsp3) is 0.267. The van der Waals surface area contributed by atoms with Gasteiger partial charge in [0.1, 0.15) is 5.82 Å². The van der Waals surface area contributed by atoms with E-state index in [9.17, 15) is 18.8 Å². The molecule has 1 aliphatic heterocycles. The zero-order valence-electron chi connectivity index (χ0n) is 12.6. The number of anilines is 1. The van der Waals surface area contributed by atoms with Crippen LogP contribution in [0.3, 0.4) is 0 Å². The van der Waals surface area contributed by atoms with E-state index in [2.05, 4.69) is 10.1 Å². The molecule has 2 rings (SSSR count). The summed E-state index contributed by atoms with van der Waals surface area (Å²) in [6, 6.07) is 3.62. The molecular weight excluding hydrogens is 309 g/mol. The molecule has 1 heterocycles. The van der Waals surface area contributed by atoms with E-state index in [0.717, 1.165) is 19.4 Å². The average Bonchev–Trinajstić information content (AvgIpc) is 2.44. The number of carbonyl (C=O) groups is 3. The van der Waals surface area contributed by atoms with Gasteiger partial charge in [0.2, 0.25) is 0 Å². The van der Waals surface area contributed by atoms with Crippen molar-refractivity contribution >= 4 is 23.6 Å². The smallest absolute Gasteiger partial charge is 0.350 e. The number of benzene rings is 1. The van der Waals surface area contributed by atoms with Crippen LogP contribution in [0.1, 0.15) is 24.2 Å². The molecule has 0 saturated carbocycles. The molecule has 122 valence electrons. The SMILES string of the molecule is COC(=O)c1ccc(NC=C2C(=O)OC(C)(C)OC2=O)cc1F. The molecule has 0 atom stereocenters. The van der Waals surface area contributed by atoms with Gasteiger partial charge in [-0.2, -0.15) is 0 Å². The second-order valence-electron chi connectivity index (χ2n) is 5.07. The van der Waals surface area contributed by atoms with Gasteiger partial charge in [-0.05, 0) is 18.2 Å². The summed E-state index contributed by atoms with van der Waals surface area (Å²) >= 11 is 0. The number of methoxy groups -OCH3 is 1. The molecule has 0 amide bonds. The molecule has 0 aromatic heterocycles. The standard InChI is InChI=1S/C15H14FNO6/c1-15(2)22-13(19)10(14(20)23-15)7-17-8-4-5-9(11(16)6-8)12(18)21-3/h4-7,17H,1-3H3. The van der Waals surface area contributed by atoms with E-state index in [1.807, 2.05) is 0 Å². The van der Waals surface area contributed by atoms with Crippen LogP contribution >= 0.6 is 0 Å². The first-order chi connectivity index (χ1) is 10.7. The van der Waals surface area contributed by atoms with Crippen LogP contribution in [0.4, 0.5) is 10.1 Å². The first kappa shape index (κ1) is 16.5. The van der Waals surface area contributed by atoms with Gasteiger partial charge in [-0.15, -0.1) is 0 Å². The monoisotopic (exact) mass is 323 g/mol. The van der Waals surface area contributed by atoms with Crippen LogP contribution in [0.2, 0.25) is 0 Å². The summed E-state index contributed by atoms with van der Waals surface area (Å²) in [5.41, 5.74) is -0.376. The van der Waals surface area contributed by atoms with Crippen molar-refractivity contribution in [2.75, 3.05) is 12.4 Å². The number of esters is 3. The number of ether oxygens (including phenoxy) is 3. The third kappa shape index (κ3) is 3.65. The van der Waals surface area contributed by atoms with Gasteiger partial charge in [0.15, 0.2) is 5.57 Å². The quantitative estimate of drug-likeness (QED) is 0.515. The van der Waals surface area contributed by atoms with Crippen molar-refractivity contribution in [1.82, 2.24) is 0 Å². The number of carbonyl (C=O) groups excluding carboxylic acids is 3. The molecule has 1 N–H and O–H groups in total. The Hall–Kier alpha value is -2.90. The summed E-state index contributed by atoms with van der Waals surface area (Å²) in [5, 5.41) is 2.57. The Kier molecular flexibility index (Phi) is 4.35. The predicted octanol–water partition coefficient (Wildman–Crippen LogP) is 1.74. The molecule has 7 nitrogen and oxygen atoms in total. The molecule has 1 aromatic rings. The summed E-state index contributed by atoms with van der Waals surface area (Å²) in [4.78, 5) is 34.7. The Bertz CT molecular complexity index is 688. The Morgan fingerprint density at radius 1 is 1.26 bits per heavy atom. The van der Waals surface area contributed by atoms with Crippen LogP contribution in [-0.4, -0.2) is 30.8 Å². The second-order valence-corrected chi connectivity index (χ2v) is 5.07. The van der Waals surface area contributed by atoms with Crippen molar-refractivity contribution in [1.29, 1.82) is 0 Å². The van der Waals surface area contributed by atoms with E-state index in [4.69, 9.17) is 9.47 Å². The Labute approximate surface area is 131 Å². The summed E-state index contributed by atoms with van der Waals surface area (Å²) in [5.74, 6) is -4.67. The minimum Gasteiger partial charge on any atom is -0.465 e. The first-order valence-corrected chi connectivity index (χ1v) is 6.55. The van der Waals surface area contributed by atoms with Crippen molar-refractivity contribution < 1.29 is 33.0 Å². The van der Waals surface area contributed by atoms with E-state index in [0.29, 0.717) is 0 Å². The molecule has 0 radical (unpaired) electrons. The number of halogens is 1. The highest BCUT2D eigenvalue weighted by atomic mass is 19.1. The maximum Gasteiger partial charge on any atom is 0.350 e. The van der Waals surface area contributed by atoms with Crippen LogP contribution in [0.25, 0.3) is 0 Å². The fourth-order valence-electron chi connectivity index (χ4n) is 1.81. The van der Waals surface area contributed by atoms with Crippen LogP contribution in [-0.2, 0) is 23.8 Å². The number of hydrogen-bond acceptors (Lipinski definition) is 7. The van der Waals surface area contributed by atoms with Gasteiger partial charge in [0, 0.05) is 25.7 Å². The maximum atomic E-state index is 13.8. The second kappa shape index (κ2) is 6.07. The molecule has 1 fully saturated rings. The highest BCUT2D eigenvalue weighted by molar-refractivity contribution is 6.15. The highest BCUT2D eigenvalue weighted by Gasteiger charge is 2.38. The van der Waals surface area contributed by atoms with Crippen LogP contribution in [0, 0.1) is 5.82 Å². The molecular formula is C15H14FNO6. The minimum atomic E-state index is -1.33. The van der Waals surface area contributed by atoms with Crippen molar-refractivity contribution in [3.05, 3.63) is 41.4 Å². The molecule has 0 unspecified atom stereocenters. The summed E-state index contributed by atoms with van der Waals surface area (Å²) < 4.78 is 28.0. The zero-order chi connectivity index (χ0) is 17.2. The highest BCUT2D eigenvalue weighted by Crippen LogP contribution is 2.23. The van der Waals surface area contributed by atoms with Gasteiger partial charge in [-0.25, -0.2) is 18.8 Å². The largest absolute Gasteiger partial charge is 0.465 e. The number of rotatable bonds is 3. The molecule has 1 saturated heterocycles. The summed E-state index contributed by atoms with van der Waals surface area (Å²) in [6.07, 6.45) is 1.05. The molecule has 0 spiro atoms. The summed E-state index contributed by atoms with van der Waals surface area (Å²) in [7, 11) is 1.14. The fourth-order valence-corrected chi connectivity index (χ4v) is 1.81. The topological polar surface area (TPSA) is 90.9 Å². The van der Waals surface area contributed by atoms with Gasteiger partial charge >= 0.3 is 17.9 Å². The third-order valence-electron chi connectivity index (χ3n) is 2.87. The van der Waals surface area contributed by atoms with E-state index in [-0.39, 0.29) is 16.8 Å². The van der Waals surface area contributed by atoms with Crippen molar-refractivity contribution in [3.63, 3.8) is 0 Å². The van der Waals surface area contributed by atoms with Gasteiger partial charge < -0.3 is 19.5 Å². The van der Waals surface area contributed by atoms with Gasteiger partial charge in [0.05, 0.1) is 12.7 Å².